The molecule has 1 aliphatic carbocycles. The van der Waals surface area contributed by atoms with Gasteiger partial charge < -0.3 is 10.4 Å². The van der Waals surface area contributed by atoms with Crippen molar-refractivity contribution in [1.82, 2.24) is 5.32 Å². The van der Waals surface area contributed by atoms with Crippen molar-refractivity contribution in [2.45, 2.75) is 38.6 Å². The molecule has 1 unspecified atom stereocenters. The first-order chi connectivity index (χ1) is 8.15. The van der Waals surface area contributed by atoms with E-state index in [1.807, 2.05) is 0 Å². The molecule has 94 valence electrons. The number of aryl methyl sites for hydroxylation is 1. The summed E-state index contributed by atoms with van der Waals surface area (Å²) in [4.78, 5) is 0. The predicted octanol–water partition coefficient (Wildman–Crippen LogP) is 2.15. The van der Waals surface area contributed by atoms with Gasteiger partial charge in [0.2, 0.25) is 0 Å². The minimum atomic E-state index is -0.0986. The van der Waals surface area contributed by atoms with E-state index in [0.29, 0.717) is 5.92 Å². The van der Waals surface area contributed by atoms with E-state index in [1.54, 1.807) is 0 Å². The number of fused-ring (bicyclic) bond motifs is 1. The maximum atomic E-state index is 9.72. The molecule has 1 aromatic carbocycles. The van der Waals surface area contributed by atoms with Gasteiger partial charge in [-0.15, -0.1) is 0 Å². The number of aliphatic hydroxyl groups excluding tert-OH is 1. The molecule has 2 heteroatoms. The Labute approximate surface area is 104 Å². The van der Waals surface area contributed by atoms with Crippen LogP contribution in [0.4, 0.5) is 0 Å². The standard InChI is InChI=1S/C15H23NO/c1-12(2)10-16-15(11-17)8-7-13-5-3-4-6-14(13)9-15/h3-6,12,16-17H,7-11H2,1-2H3. The Morgan fingerprint density at radius 3 is 2.65 bits per heavy atom. The van der Waals surface area contributed by atoms with Crippen LogP contribution < -0.4 is 5.32 Å². The molecule has 0 aromatic heterocycles. The second-order valence-electron chi connectivity index (χ2n) is 5.66. The van der Waals surface area contributed by atoms with Crippen LogP contribution in [0.2, 0.25) is 0 Å². The topological polar surface area (TPSA) is 32.3 Å². The number of rotatable bonds is 4. The summed E-state index contributed by atoms with van der Waals surface area (Å²) in [5.74, 6) is 0.621. The van der Waals surface area contributed by atoms with Gasteiger partial charge in [0.25, 0.3) is 0 Å². The molecule has 1 aromatic rings. The molecule has 0 bridgehead atoms. The van der Waals surface area contributed by atoms with Gasteiger partial charge in [-0.3, -0.25) is 0 Å². The molecule has 2 N–H and O–H groups in total. The van der Waals surface area contributed by atoms with Gasteiger partial charge >= 0.3 is 0 Å². The van der Waals surface area contributed by atoms with Gasteiger partial charge in [-0.2, -0.15) is 0 Å². The van der Waals surface area contributed by atoms with Crippen LogP contribution >= 0.6 is 0 Å². The molecular formula is C15H23NO. The van der Waals surface area contributed by atoms with Crippen LogP contribution in [-0.4, -0.2) is 23.8 Å². The summed E-state index contributed by atoms with van der Waals surface area (Å²) in [5, 5.41) is 13.3. The van der Waals surface area contributed by atoms with E-state index < -0.39 is 0 Å². The average Bonchev–Trinajstić information content (AvgIpc) is 2.36. The molecule has 0 amide bonds. The summed E-state index contributed by atoms with van der Waals surface area (Å²) < 4.78 is 0. The van der Waals surface area contributed by atoms with Gasteiger partial charge in [0.15, 0.2) is 0 Å². The normalized spacial score (nSPS) is 23.8. The highest BCUT2D eigenvalue weighted by atomic mass is 16.3. The quantitative estimate of drug-likeness (QED) is 0.835. The molecule has 0 radical (unpaired) electrons. The van der Waals surface area contributed by atoms with E-state index in [0.717, 1.165) is 25.8 Å². The van der Waals surface area contributed by atoms with E-state index in [9.17, 15) is 5.11 Å². The lowest BCUT2D eigenvalue weighted by Crippen LogP contribution is -2.53. The first-order valence-corrected chi connectivity index (χ1v) is 6.58. The van der Waals surface area contributed by atoms with Crippen molar-refractivity contribution in [3.8, 4) is 0 Å². The van der Waals surface area contributed by atoms with Crippen molar-refractivity contribution in [2.24, 2.45) is 5.92 Å². The van der Waals surface area contributed by atoms with Crippen molar-refractivity contribution in [3.63, 3.8) is 0 Å². The Balaban J connectivity index is 2.11. The van der Waals surface area contributed by atoms with Crippen molar-refractivity contribution in [1.29, 1.82) is 0 Å². The van der Waals surface area contributed by atoms with E-state index in [1.165, 1.54) is 11.1 Å². The number of benzene rings is 1. The van der Waals surface area contributed by atoms with Crippen molar-refractivity contribution in [3.05, 3.63) is 35.4 Å². The van der Waals surface area contributed by atoms with E-state index in [2.05, 4.69) is 43.4 Å². The van der Waals surface area contributed by atoms with Crippen LogP contribution in [-0.2, 0) is 12.8 Å². The minimum absolute atomic E-state index is 0.0986. The van der Waals surface area contributed by atoms with Gasteiger partial charge in [-0.25, -0.2) is 0 Å². The highest BCUT2D eigenvalue weighted by Crippen LogP contribution is 2.28. The Morgan fingerprint density at radius 2 is 2.00 bits per heavy atom. The molecule has 0 fully saturated rings. The Kier molecular flexibility index (Phi) is 3.85. The molecule has 2 nitrogen and oxygen atoms in total. The highest BCUT2D eigenvalue weighted by molar-refractivity contribution is 5.32. The smallest absolute Gasteiger partial charge is 0.0616 e. The first-order valence-electron chi connectivity index (χ1n) is 6.58. The van der Waals surface area contributed by atoms with E-state index >= 15 is 0 Å². The lowest BCUT2D eigenvalue weighted by molar-refractivity contribution is 0.141. The van der Waals surface area contributed by atoms with Crippen molar-refractivity contribution < 1.29 is 5.11 Å². The van der Waals surface area contributed by atoms with Gasteiger partial charge in [0, 0.05) is 5.54 Å². The molecule has 2 rings (SSSR count). The Bertz CT molecular complexity index is 375. The summed E-state index contributed by atoms with van der Waals surface area (Å²) in [6.45, 7) is 5.61. The summed E-state index contributed by atoms with van der Waals surface area (Å²) in [6, 6.07) is 8.59. The van der Waals surface area contributed by atoms with Gasteiger partial charge in [0.1, 0.15) is 0 Å². The fourth-order valence-electron chi connectivity index (χ4n) is 2.56. The second-order valence-corrected chi connectivity index (χ2v) is 5.66. The highest BCUT2D eigenvalue weighted by Gasteiger charge is 2.33. The lowest BCUT2D eigenvalue weighted by Gasteiger charge is -2.38. The molecular weight excluding hydrogens is 210 g/mol. The fourth-order valence-corrected chi connectivity index (χ4v) is 2.56. The SMILES string of the molecule is CC(C)CNC1(CO)CCc2ccccc2C1. The third-order valence-corrected chi connectivity index (χ3v) is 3.71. The maximum absolute atomic E-state index is 9.72. The molecule has 0 saturated carbocycles. The zero-order valence-electron chi connectivity index (χ0n) is 10.9. The zero-order valence-corrected chi connectivity index (χ0v) is 10.9. The second kappa shape index (κ2) is 5.19. The van der Waals surface area contributed by atoms with Crippen molar-refractivity contribution >= 4 is 0 Å². The largest absolute Gasteiger partial charge is 0.394 e. The molecule has 1 aliphatic rings. The number of nitrogens with one attached hydrogen (secondary N) is 1. The number of hydrogen-bond donors (Lipinski definition) is 2. The van der Waals surface area contributed by atoms with Crippen LogP contribution in [0.15, 0.2) is 24.3 Å². The summed E-state index contributed by atoms with van der Waals surface area (Å²) in [7, 11) is 0. The minimum Gasteiger partial charge on any atom is -0.394 e. The van der Waals surface area contributed by atoms with Crippen molar-refractivity contribution in [2.75, 3.05) is 13.2 Å². The molecule has 0 saturated heterocycles. The molecule has 0 aliphatic heterocycles. The third kappa shape index (κ3) is 2.88. The molecule has 17 heavy (non-hydrogen) atoms. The van der Waals surface area contributed by atoms with Gasteiger partial charge in [0.05, 0.1) is 6.61 Å². The molecule has 1 atom stereocenters. The number of hydrogen-bond acceptors (Lipinski definition) is 2. The third-order valence-electron chi connectivity index (χ3n) is 3.71. The maximum Gasteiger partial charge on any atom is 0.0616 e. The number of aliphatic hydroxyl groups is 1. The first kappa shape index (κ1) is 12.6. The van der Waals surface area contributed by atoms with Crippen LogP contribution in [0.3, 0.4) is 0 Å². The average molecular weight is 233 g/mol. The monoisotopic (exact) mass is 233 g/mol. The van der Waals surface area contributed by atoms with Crippen LogP contribution in [0.1, 0.15) is 31.4 Å². The van der Waals surface area contributed by atoms with Gasteiger partial charge in [-0.1, -0.05) is 38.1 Å². The Hall–Kier alpha value is -0.860. The van der Waals surface area contributed by atoms with E-state index in [-0.39, 0.29) is 12.1 Å². The van der Waals surface area contributed by atoms with E-state index in [4.69, 9.17) is 0 Å². The zero-order chi connectivity index (χ0) is 12.3. The predicted molar refractivity (Wildman–Crippen MR) is 71.1 cm³/mol. The van der Waals surface area contributed by atoms with Crippen LogP contribution in [0.25, 0.3) is 0 Å². The van der Waals surface area contributed by atoms with Gasteiger partial charge in [-0.05, 0) is 42.9 Å². The van der Waals surface area contributed by atoms with Crippen LogP contribution in [0, 0.1) is 5.92 Å². The summed E-state index contributed by atoms with van der Waals surface area (Å²) in [6.07, 6.45) is 3.06. The molecule has 0 heterocycles. The summed E-state index contributed by atoms with van der Waals surface area (Å²) in [5.41, 5.74) is 2.74. The van der Waals surface area contributed by atoms with Crippen LogP contribution in [0.5, 0.6) is 0 Å². The Morgan fingerprint density at radius 1 is 1.29 bits per heavy atom. The fraction of sp³-hybridized carbons (Fsp3) is 0.600. The lowest BCUT2D eigenvalue weighted by atomic mass is 9.78. The molecule has 0 spiro atoms. The summed E-state index contributed by atoms with van der Waals surface area (Å²) >= 11 is 0.